The summed E-state index contributed by atoms with van der Waals surface area (Å²) in [6.07, 6.45) is 3.93. The molecule has 1 aliphatic heterocycles. The molecule has 1 heterocycles. The minimum Gasteiger partial charge on any atom is -0.414 e. The van der Waals surface area contributed by atoms with E-state index in [1.165, 1.54) is 19.0 Å². The Bertz CT molecular complexity index is 132. The van der Waals surface area contributed by atoms with Gasteiger partial charge in [-0.25, -0.2) is 0 Å². The van der Waals surface area contributed by atoms with Crippen molar-refractivity contribution in [2.75, 3.05) is 6.61 Å². The van der Waals surface area contributed by atoms with Gasteiger partial charge < -0.3 is 15.9 Å². The zero-order valence-corrected chi connectivity index (χ0v) is 7.20. The first kappa shape index (κ1) is 7.62. The van der Waals surface area contributed by atoms with Crippen LogP contribution in [0.15, 0.2) is 11.5 Å². The molecule has 0 bridgehead atoms. The Morgan fingerprint density at radius 3 is 2.80 bits per heavy atom. The summed E-state index contributed by atoms with van der Waals surface area (Å²) in [6, 6.07) is 1.15. The first-order chi connectivity index (χ1) is 4.84. The minimum atomic E-state index is -1.21. The highest BCUT2D eigenvalue weighted by Gasteiger charge is 2.17. The van der Waals surface area contributed by atoms with Crippen molar-refractivity contribution in [2.24, 2.45) is 11.5 Å². The maximum Gasteiger partial charge on any atom is 0.225 e. The molecule has 4 N–H and O–H groups in total. The molecule has 0 aliphatic carbocycles. The fourth-order valence-electron chi connectivity index (χ4n) is 1.11. The van der Waals surface area contributed by atoms with Crippen LogP contribution in [0.2, 0.25) is 6.04 Å². The van der Waals surface area contributed by atoms with Gasteiger partial charge in [-0.2, -0.15) is 0 Å². The van der Waals surface area contributed by atoms with E-state index in [9.17, 15) is 0 Å². The molecule has 3 nitrogen and oxygen atoms in total. The van der Waals surface area contributed by atoms with E-state index < -0.39 is 9.04 Å². The van der Waals surface area contributed by atoms with E-state index in [2.05, 4.69) is 0 Å². The van der Waals surface area contributed by atoms with Crippen LogP contribution in [0.5, 0.6) is 0 Å². The van der Waals surface area contributed by atoms with Crippen LogP contribution in [0.1, 0.15) is 12.8 Å². The Balaban J connectivity index is 2.39. The summed E-state index contributed by atoms with van der Waals surface area (Å²) in [4.78, 5) is 0. The highest BCUT2D eigenvalue weighted by molar-refractivity contribution is 6.60. The molecule has 10 heavy (non-hydrogen) atoms. The molecule has 0 amide bonds. The molecular weight excluding hydrogens is 144 g/mol. The normalized spacial score (nSPS) is 28.4. The third kappa shape index (κ3) is 1.75. The highest BCUT2D eigenvalue weighted by atomic mass is 28.3. The third-order valence-corrected chi connectivity index (χ3v) is 4.25. The van der Waals surface area contributed by atoms with Gasteiger partial charge in [-0.3, -0.25) is 0 Å². The SMILES string of the molecule is NC=C(N)[SiH]1CCCCO1. The fraction of sp³-hybridized carbons (Fsp3) is 0.667. The Labute approximate surface area is 62.8 Å². The fourth-order valence-corrected chi connectivity index (χ4v) is 3.13. The van der Waals surface area contributed by atoms with Crippen molar-refractivity contribution in [1.29, 1.82) is 0 Å². The van der Waals surface area contributed by atoms with Gasteiger partial charge in [0.05, 0.1) is 0 Å². The molecule has 1 unspecified atom stereocenters. The van der Waals surface area contributed by atoms with Crippen LogP contribution in [0.25, 0.3) is 0 Å². The van der Waals surface area contributed by atoms with Crippen LogP contribution in [-0.2, 0) is 4.43 Å². The molecule has 4 heteroatoms. The van der Waals surface area contributed by atoms with Crippen molar-refractivity contribution in [1.82, 2.24) is 0 Å². The van der Waals surface area contributed by atoms with Crippen molar-refractivity contribution >= 4 is 9.04 Å². The molecule has 0 aromatic carbocycles. The Morgan fingerprint density at radius 2 is 2.30 bits per heavy atom. The lowest BCUT2D eigenvalue weighted by Gasteiger charge is -2.20. The average molecular weight is 158 g/mol. The molecule has 0 spiro atoms. The topological polar surface area (TPSA) is 61.3 Å². The van der Waals surface area contributed by atoms with Crippen LogP contribution < -0.4 is 11.5 Å². The Hall–Kier alpha value is -0.483. The number of hydrogen-bond acceptors (Lipinski definition) is 3. The van der Waals surface area contributed by atoms with Gasteiger partial charge >= 0.3 is 0 Å². The first-order valence-corrected chi connectivity index (χ1v) is 5.50. The Morgan fingerprint density at radius 1 is 1.50 bits per heavy atom. The summed E-state index contributed by atoms with van der Waals surface area (Å²) >= 11 is 0. The Kier molecular flexibility index (Phi) is 2.77. The van der Waals surface area contributed by atoms with E-state index in [-0.39, 0.29) is 0 Å². The average Bonchev–Trinajstić information content (AvgIpc) is 2.05. The molecule has 1 atom stereocenters. The summed E-state index contributed by atoms with van der Waals surface area (Å²) < 4.78 is 5.50. The van der Waals surface area contributed by atoms with E-state index in [1.54, 1.807) is 0 Å². The molecular formula is C6H14N2OSi. The van der Waals surface area contributed by atoms with Crippen LogP contribution in [0.4, 0.5) is 0 Å². The van der Waals surface area contributed by atoms with Gasteiger partial charge in [0.1, 0.15) is 0 Å². The quantitative estimate of drug-likeness (QED) is 0.520. The second-order valence-corrected chi connectivity index (χ2v) is 5.08. The molecule has 1 rings (SSSR count). The maximum absolute atomic E-state index is 5.62. The molecule has 58 valence electrons. The second-order valence-electron chi connectivity index (χ2n) is 2.52. The van der Waals surface area contributed by atoms with E-state index in [1.807, 2.05) is 0 Å². The predicted molar refractivity (Wildman–Crippen MR) is 43.6 cm³/mol. The number of rotatable bonds is 1. The van der Waals surface area contributed by atoms with Gasteiger partial charge in [0.2, 0.25) is 9.04 Å². The summed E-state index contributed by atoms with van der Waals surface area (Å²) in [7, 11) is -1.21. The zero-order chi connectivity index (χ0) is 7.40. The third-order valence-electron chi connectivity index (χ3n) is 1.74. The monoisotopic (exact) mass is 158 g/mol. The van der Waals surface area contributed by atoms with E-state index in [0.717, 1.165) is 18.0 Å². The number of hydrogen-bond donors (Lipinski definition) is 2. The number of nitrogens with two attached hydrogens (primary N) is 2. The molecule has 1 saturated heterocycles. The lowest BCUT2D eigenvalue weighted by atomic mass is 10.4. The van der Waals surface area contributed by atoms with E-state index in [4.69, 9.17) is 15.9 Å². The van der Waals surface area contributed by atoms with Crippen molar-refractivity contribution < 1.29 is 4.43 Å². The molecule has 0 aromatic rings. The van der Waals surface area contributed by atoms with E-state index >= 15 is 0 Å². The maximum atomic E-state index is 5.62. The largest absolute Gasteiger partial charge is 0.414 e. The second kappa shape index (κ2) is 3.63. The summed E-state index contributed by atoms with van der Waals surface area (Å²) in [5.41, 5.74) is 10.9. The molecule has 1 aliphatic rings. The van der Waals surface area contributed by atoms with Crippen molar-refractivity contribution in [3.05, 3.63) is 11.5 Å². The molecule has 0 saturated carbocycles. The highest BCUT2D eigenvalue weighted by Crippen LogP contribution is 2.13. The van der Waals surface area contributed by atoms with Crippen LogP contribution >= 0.6 is 0 Å². The predicted octanol–water partition coefficient (Wildman–Crippen LogP) is -0.181. The van der Waals surface area contributed by atoms with Gasteiger partial charge in [-0.15, -0.1) is 0 Å². The molecule has 0 radical (unpaired) electrons. The molecule has 0 aromatic heterocycles. The zero-order valence-electron chi connectivity index (χ0n) is 6.05. The van der Waals surface area contributed by atoms with Gasteiger partial charge in [0.25, 0.3) is 0 Å². The van der Waals surface area contributed by atoms with Crippen LogP contribution in [-0.4, -0.2) is 15.6 Å². The van der Waals surface area contributed by atoms with Crippen molar-refractivity contribution in [2.45, 2.75) is 18.9 Å². The standard InChI is InChI=1S/C6H14N2OSi/c7-5-6(8)10-4-2-1-3-9-10/h5,10H,1-4,7-8H2. The lowest BCUT2D eigenvalue weighted by molar-refractivity contribution is 0.291. The van der Waals surface area contributed by atoms with Crippen LogP contribution in [0.3, 0.4) is 0 Å². The van der Waals surface area contributed by atoms with Gasteiger partial charge in [-0.1, -0.05) is 6.42 Å². The van der Waals surface area contributed by atoms with E-state index in [0.29, 0.717) is 0 Å². The molecule has 1 fully saturated rings. The lowest BCUT2D eigenvalue weighted by Crippen LogP contribution is -2.30. The summed E-state index contributed by atoms with van der Waals surface area (Å²) in [6.45, 7) is 0.880. The van der Waals surface area contributed by atoms with Crippen molar-refractivity contribution in [3.63, 3.8) is 0 Å². The summed E-state index contributed by atoms with van der Waals surface area (Å²) in [5, 5.41) is 0.805. The van der Waals surface area contributed by atoms with Crippen molar-refractivity contribution in [3.8, 4) is 0 Å². The minimum absolute atomic E-state index is 0.805. The van der Waals surface area contributed by atoms with Crippen LogP contribution in [0, 0.1) is 0 Å². The smallest absolute Gasteiger partial charge is 0.225 e. The summed E-state index contributed by atoms with van der Waals surface area (Å²) in [5.74, 6) is 0. The first-order valence-electron chi connectivity index (χ1n) is 3.63. The van der Waals surface area contributed by atoms with Gasteiger partial charge in [-0.05, 0) is 12.5 Å². The van der Waals surface area contributed by atoms with Gasteiger partial charge in [0, 0.05) is 18.1 Å². The van der Waals surface area contributed by atoms with Gasteiger partial charge in [0.15, 0.2) is 0 Å².